The van der Waals surface area contributed by atoms with Crippen LogP contribution in [-0.4, -0.2) is 29.6 Å². The molecular weight excluding hydrogens is 400 g/mol. The van der Waals surface area contributed by atoms with E-state index in [1.165, 1.54) is 17.4 Å². The Hall–Kier alpha value is -1.55. The summed E-state index contributed by atoms with van der Waals surface area (Å²) in [6.07, 6.45) is 9.54. The summed E-state index contributed by atoms with van der Waals surface area (Å²) < 4.78 is 23.8. The van der Waals surface area contributed by atoms with Crippen LogP contribution < -0.4 is 5.14 Å². The first kappa shape index (κ1) is 20.2. The minimum atomic E-state index is -3.68. The minimum absolute atomic E-state index is 0.131. The van der Waals surface area contributed by atoms with Gasteiger partial charge in [-0.3, -0.25) is 0 Å². The smallest absolute Gasteiger partial charge is 0.238 e. The van der Waals surface area contributed by atoms with E-state index in [2.05, 4.69) is 21.9 Å². The maximum atomic E-state index is 11.5. The second-order valence-corrected chi connectivity index (χ2v) is 10.1. The van der Waals surface area contributed by atoms with Crippen LogP contribution in [0.4, 0.5) is 0 Å². The Morgan fingerprint density at radius 3 is 2.56 bits per heavy atom. The van der Waals surface area contributed by atoms with E-state index in [1.54, 1.807) is 23.9 Å². The molecular formula is C18H22N4O2S3. The highest BCUT2D eigenvalue weighted by Crippen LogP contribution is 2.26. The van der Waals surface area contributed by atoms with Crippen molar-refractivity contribution < 1.29 is 8.42 Å². The molecule has 0 fully saturated rings. The van der Waals surface area contributed by atoms with Gasteiger partial charge in [-0.15, -0.1) is 23.1 Å². The molecule has 0 aliphatic rings. The van der Waals surface area contributed by atoms with E-state index in [4.69, 9.17) is 5.14 Å². The summed E-state index contributed by atoms with van der Waals surface area (Å²) in [4.78, 5) is 14.6. The van der Waals surface area contributed by atoms with Crippen molar-refractivity contribution in [2.45, 2.75) is 42.4 Å². The quantitative estimate of drug-likeness (QED) is 0.556. The number of primary sulfonamides is 1. The molecule has 2 heterocycles. The zero-order valence-electron chi connectivity index (χ0n) is 15.3. The number of nitrogens with zero attached hydrogens (tertiary/aromatic N) is 3. The molecule has 0 bridgehead atoms. The topological polar surface area (TPSA) is 98.8 Å². The van der Waals surface area contributed by atoms with E-state index < -0.39 is 10.0 Å². The van der Waals surface area contributed by atoms with Crippen molar-refractivity contribution in [3.8, 4) is 0 Å². The number of hydrogen-bond acceptors (Lipinski definition) is 7. The fourth-order valence-electron chi connectivity index (χ4n) is 2.70. The molecule has 0 saturated carbocycles. The lowest BCUT2D eigenvalue weighted by atomic mass is 10.00. The summed E-state index contributed by atoms with van der Waals surface area (Å²) in [5.41, 5.74) is 0.817. The monoisotopic (exact) mass is 422 g/mol. The molecule has 9 heteroatoms. The molecule has 1 atom stereocenters. The summed E-state index contributed by atoms with van der Waals surface area (Å²) in [5.74, 6) is 1.41. The molecule has 2 aromatic heterocycles. The van der Waals surface area contributed by atoms with Gasteiger partial charge < -0.3 is 0 Å². The number of benzene rings is 1. The summed E-state index contributed by atoms with van der Waals surface area (Å²) in [6.45, 7) is 2.22. The molecule has 0 spiro atoms. The minimum Gasteiger partial charge on any atom is -0.241 e. The number of thioether (sulfide) groups is 1. The Kier molecular flexibility index (Phi) is 6.46. The van der Waals surface area contributed by atoms with Gasteiger partial charge in [-0.2, -0.15) is 0 Å². The molecule has 0 radical (unpaired) electrons. The summed E-state index contributed by atoms with van der Waals surface area (Å²) in [5, 5.41) is 6.21. The van der Waals surface area contributed by atoms with Crippen molar-refractivity contribution in [3.63, 3.8) is 0 Å². The van der Waals surface area contributed by atoms with Crippen LogP contribution in [0.3, 0.4) is 0 Å². The third kappa shape index (κ3) is 5.47. The van der Waals surface area contributed by atoms with E-state index in [1.807, 2.05) is 18.6 Å². The number of thiazole rings is 1. The number of sulfonamides is 1. The Morgan fingerprint density at radius 2 is 1.89 bits per heavy atom. The van der Waals surface area contributed by atoms with Gasteiger partial charge in [-0.05, 0) is 49.6 Å². The molecule has 0 aliphatic carbocycles. The molecule has 0 amide bonds. The SMILES string of the molecule is CSc1cnc(CC[C@H](C)CCc2nc3ccc(S(N)(=O)=O)cc3s2)nc1. The third-order valence-electron chi connectivity index (χ3n) is 4.36. The molecule has 3 aromatic rings. The van der Waals surface area contributed by atoms with Gasteiger partial charge in [0.15, 0.2) is 0 Å². The van der Waals surface area contributed by atoms with Crippen LogP contribution >= 0.6 is 23.1 Å². The maximum Gasteiger partial charge on any atom is 0.238 e. The lowest BCUT2D eigenvalue weighted by Crippen LogP contribution is -2.11. The van der Waals surface area contributed by atoms with Gasteiger partial charge in [-0.1, -0.05) is 6.92 Å². The van der Waals surface area contributed by atoms with Crippen molar-refractivity contribution in [2.75, 3.05) is 6.26 Å². The van der Waals surface area contributed by atoms with Crippen molar-refractivity contribution in [1.82, 2.24) is 15.0 Å². The maximum absolute atomic E-state index is 11.5. The van der Waals surface area contributed by atoms with Gasteiger partial charge in [-0.25, -0.2) is 28.5 Å². The molecule has 2 N–H and O–H groups in total. The summed E-state index contributed by atoms with van der Waals surface area (Å²) in [7, 11) is -3.68. The molecule has 3 rings (SSSR count). The van der Waals surface area contributed by atoms with Crippen molar-refractivity contribution in [2.24, 2.45) is 11.1 Å². The molecule has 144 valence electrons. The molecule has 0 unspecified atom stereocenters. The second kappa shape index (κ2) is 8.64. The predicted molar refractivity (Wildman–Crippen MR) is 111 cm³/mol. The zero-order chi connectivity index (χ0) is 19.4. The largest absolute Gasteiger partial charge is 0.241 e. The first-order valence-corrected chi connectivity index (χ1v) is 12.2. The fourth-order valence-corrected chi connectivity index (χ4v) is 4.66. The second-order valence-electron chi connectivity index (χ2n) is 6.50. The highest BCUT2D eigenvalue weighted by atomic mass is 32.2. The standard InChI is InChI=1S/C18H22N4O2S3/c1-12(3-7-17-20-10-13(25-2)11-21-17)4-8-18-22-15-6-5-14(27(19,23)24)9-16(15)26-18/h5-6,9-12H,3-4,7-8H2,1-2H3,(H2,19,23,24)/t12-/m0/s1. The fraction of sp³-hybridized carbons (Fsp3) is 0.389. The number of hydrogen-bond donors (Lipinski definition) is 1. The van der Waals surface area contributed by atoms with Crippen molar-refractivity contribution in [3.05, 3.63) is 41.4 Å². The van der Waals surface area contributed by atoms with Crippen LogP contribution in [-0.2, 0) is 22.9 Å². The Labute approximate surface area is 167 Å². The number of nitrogens with two attached hydrogens (primary N) is 1. The van der Waals surface area contributed by atoms with Crippen LogP contribution in [0.1, 0.15) is 30.6 Å². The molecule has 27 heavy (non-hydrogen) atoms. The van der Waals surface area contributed by atoms with Gasteiger partial charge in [0.2, 0.25) is 10.0 Å². The van der Waals surface area contributed by atoms with Gasteiger partial charge in [0.25, 0.3) is 0 Å². The van der Waals surface area contributed by atoms with E-state index in [0.717, 1.165) is 51.6 Å². The Balaban J connectivity index is 1.55. The molecule has 6 nitrogen and oxygen atoms in total. The van der Waals surface area contributed by atoms with Gasteiger partial charge in [0.1, 0.15) is 5.82 Å². The number of rotatable bonds is 8. The van der Waals surface area contributed by atoms with Gasteiger partial charge in [0, 0.05) is 23.7 Å². The lowest BCUT2D eigenvalue weighted by molar-refractivity contribution is 0.486. The highest BCUT2D eigenvalue weighted by molar-refractivity contribution is 7.98. The van der Waals surface area contributed by atoms with Crippen molar-refractivity contribution >= 4 is 43.3 Å². The van der Waals surface area contributed by atoms with Gasteiger partial charge in [0.05, 0.1) is 20.1 Å². The van der Waals surface area contributed by atoms with E-state index in [-0.39, 0.29) is 4.90 Å². The molecule has 1 aromatic carbocycles. The average Bonchev–Trinajstić information content (AvgIpc) is 3.06. The lowest BCUT2D eigenvalue weighted by Gasteiger charge is -2.09. The van der Waals surface area contributed by atoms with Gasteiger partial charge >= 0.3 is 0 Å². The normalized spacial score (nSPS) is 13.1. The first-order valence-electron chi connectivity index (χ1n) is 8.62. The molecule has 0 saturated heterocycles. The average molecular weight is 423 g/mol. The van der Waals surface area contributed by atoms with Crippen LogP contribution in [0.5, 0.6) is 0 Å². The van der Waals surface area contributed by atoms with Crippen LogP contribution in [0.25, 0.3) is 10.2 Å². The number of aromatic nitrogens is 3. The Morgan fingerprint density at radius 1 is 1.19 bits per heavy atom. The number of aryl methyl sites for hydroxylation is 2. The van der Waals surface area contributed by atoms with Crippen LogP contribution in [0.15, 0.2) is 40.4 Å². The molecule has 0 aliphatic heterocycles. The van der Waals surface area contributed by atoms with E-state index >= 15 is 0 Å². The van der Waals surface area contributed by atoms with Crippen LogP contribution in [0, 0.1) is 5.92 Å². The predicted octanol–water partition coefficient (Wildman–Crippen LogP) is 3.66. The van der Waals surface area contributed by atoms with E-state index in [0.29, 0.717) is 5.92 Å². The van der Waals surface area contributed by atoms with Crippen LogP contribution in [0.2, 0.25) is 0 Å². The summed E-state index contributed by atoms with van der Waals surface area (Å²) in [6, 6.07) is 4.82. The Bertz CT molecular complexity index is 1020. The third-order valence-corrected chi connectivity index (χ3v) is 7.03. The summed E-state index contributed by atoms with van der Waals surface area (Å²) >= 11 is 3.17. The number of fused-ring (bicyclic) bond motifs is 1. The first-order chi connectivity index (χ1) is 12.8. The van der Waals surface area contributed by atoms with Crippen molar-refractivity contribution in [1.29, 1.82) is 0 Å². The van der Waals surface area contributed by atoms with E-state index in [9.17, 15) is 8.42 Å². The highest BCUT2D eigenvalue weighted by Gasteiger charge is 2.12. The zero-order valence-corrected chi connectivity index (χ0v) is 17.7.